The molecule has 3 aromatic carbocycles. The summed E-state index contributed by atoms with van der Waals surface area (Å²) < 4.78 is 0. The lowest BCUT2D eigenvalue weighted by atomic mass is 10.1. The van der Waals surface area contributed by atoms with E-state index in [9.17, 15) is 35.4 Å². The average molecular weight is 911 g/mol. The van der Waals surface area contributed by atoms with Gasteiger partial charge in [0.1, 0.15) is 40.8 Å². The zero-order chi connectivity index (χ0) is 50.3. The van der Waals surface area contributed by atoms with E-state index < -0.39 is 0 Å². The first-order valence-electron chi connectivity index (χ1n) is 21.9. The summed E-state index contributed by atoms with van der Waals surface area (Å²) in [6.07, 6.45) is 51.7. The summed E-state index contributed by atoms with van der Waals surface area (Å²) in [4.78, 5) is 10.5. The predicted octanol–water partition coefficient (Wildman–Crippen LogP) is 15.5. The highest BCUT2D eigenvalue weighted by Gasteiger charge is 1.98. The fraction of sp³-hybridized carbons (Fsp3) is 0.131. The van der Waals surface area contributed by atoms with Crippen molar-refractivity contribution in [1.82, 2.24) is 0 Å². The lowest BCUT2D eigenvalue weighted by Crippen LogP contribution is -1.74. The molecule has 6 N–H and O–H groups in total. The van der Waals surface area contributed by atoms with Gasteiger partial charge in [-0.15, -0.1) is 0 Å². The van der Waals surface area contributed by atoms with Crippen LogP contribution in [0.4, 0.5) is 0 Å². The van der Waals surface area contributed by atoms with Gasteiger partial charge in [-0.2, -0.15) is 0 Å². The number of benzene rings is 3. The lowest BCUT2D eigenvalue weighted by molar-refractivity contribution is -0.104. The molecule has 0 spiro atoms. The fourth-order valence-electron chi connectivity index (χ4n) is 5.49. The van der Waals surface area contributed by atoms with Crippen LogP contribution in [0.25, 0.3) is 18.2 Å². The summed E-state index contributed by atoms with van der Waals surface area (Å²) >= 11 is 0. The van der Waals surface area contributed by atoms with Gasteiger partial charge >= 0.3 is 0 Å². The molecule has 0 bridgehead atoms. The van der Waals surface area contributed by atoms with Crippen LogP contribution < -0.4 is 0 Å². The van der Waals surface area contributed by atoms with Crippen LogP contribution in [0.5, 0.6) is 34.5 Å². The zero-order valence-corrected chi connectivity index (χ0v) is 40.4. The van der Waals surface area contributed by atoms with Crippen molar-refractivity contribution in [3.63, 3.8) is 0 Å². The smallest absolute Gasteiger partial charge is 0.145 e. The molecule has 0 aliphatic rings. The summed E-state index contributed by atoms with van der Waals surface area (Å²) in [7, 11) is 0. The molecule has 0 aromatic heterocycles. The number of allylic oxidation sites excluding steroid dienone is 31. The van der Waals surface area contributed by atoms with E-state index in [1.165, 1.54) is 18.2 Å². The second-order valence-electron chi connectivity index (χ2n) is 16.0. The maximum atomic E-state index is 10.5. The van der Waals surface area contributed by atoms with Crippen molar-refractivity contribution in [1.29, 1.82) is 0 Å². The molecule has 0 saturated heterocycles. The standard InChI is InChI=1S/C34H36O4.C27H30O3/c1-25(11-7-13-27(3)15-17-29-19-31(35)23-32(36)20-29)9-5-6-10-26(2)12-8-14-28(4)16-18-30-21-33(37)24-34(38)22-30;1-21(9-5-6-10-22(2)12-8-14-24(4)20-28)11-7-13-23(3)15-16-25-17-26(29)19-27(30)18-25/h5-24,35-38H,1-4H3;5-20,29-30H,1-4H3/b6-5+,11-7+,12-8+,17-15+,18-16+,25-9+,26-10+,27-13+,28-14+;6-5+,11-7+,12-8+,16-15+,21-9+,22-10+,23-13+,24-14+. The largest absolute Gasteiger partial charge is 0.508 e. The molecular formula is C61H66O7. The van der Waals surface area contributed by atoms with Crippen molar-refractivity contribution in [3.05, 3.63) is 256 Å². The highest BCUT2D eigenvalue weighted by atomic mass is 16.3. The van der Waals surface area contributed by atoms with E-state index >= 15 is 0 Å². The third-order valence-corrected chi connectivity index (χ3v) is 9.11. The van der Waals surface area contributed by atoms with Crippen molar-refractivity contribution in [3.8, 4) is 34.5 Å². The predicted molar refractivity (Wildman–Crippen MR) is 287 cm³/mol. The van der Waals surface area contributed by atoms with Crippen molar-refractivity contribution in [2.24, 2.45) is 0 Å². The normalized spacial score (nSPS) is 14.5. The Bertz CT molecular complexity index is 2540. The highest BCUT2D eigenvalue weighted by Crippen LogP contribution is 2.24. The van der Waals surface area contributed by atoms with E-state index in [-0.39, 0.29) is 34.5 Å². The number of carbonyl (C=O) groups is 1. The first kappa shape index (κ1) is 55.8. The second kappa shape index (κ2) is 31.6. The highest BCUT2D eigenvalue weighted by molar-refractivity contribution is 5.72. The van der Waals surface area contributed by atoms with Crippen LogP contribution in [0.2, 0.25) is 0 Å². The van der Waals surface area contributed by atoms with Crippen LogP contribution in [-0.4, -0.2) is 36.9 Å². The van der Waals surface area contributed by atoms with Gasteiger partial charge in [0, 0.05) is 18.2 Å². The molecule has 0 unspecified atom stereocenters. The van der Waals surface area contributed by atoms with Gasteiger partial charge in [-0.3, -0.25) is 4.79 Å². The minimum absolute atomic E-state index is 0.0335. The third-order valence-electron chi connectivity index (χ3n) is 9.11. The number of phenolic OH excluding ortho intramolecular Hbond substituents is 6. The number of phenols is 6. The number of hydrogen-bond acceptors (Lipinski definition) is 7. The molecule has 0 aliphatic carbocycles. The van der Waals surface area contributed by atoms with E-state index in [2.05, 4.69) is 0 Å². The van der Waals surface area contributed by atoms with Crippen LogP contribution in [0.1, 0.15) is 72.1 Å². The summed E-state index contributed by atoms with van der Waals surface area (Å²) in [5.74, 6) is 0.210. The quantitative estimate of drug-likeness (QED) is 0.0400. The summed E-state index contributed by atoms with van der Waals surface area (Å²) in [5, 5.41) is 57.2. The van der Waals surface area contributed by atoms with E-state index in [0.717, 1.165) is 62.0 Å². The van der Waals surface area contributed by atoms with Crippen LogP contribution in [0.3, 0.4) is 0 Å². The number of rotatable bonds is 19. The Hall–Kier alpha value is -8.29. The van der Waals surface area contributed by atoms with Gasteiger partial charge in [-0.25, -0.2) is 0 Å². The maximum absolute atomic E-state index is 10.5. The minimum atomic E-state index is 0.0335. The Balaban J connectivity index is 0.000000481. The van der Waals surface area contributed by atoms with Gasteiger partial charge in [0.2, 0.25) is 0 Å². The molecule has 0 saturated carbocycles. The van der Waals surface area contributed by atoms with Crippen LogP contribution in [0, 0.1) is 0 Å². The van der Waals surface area contributed by atoms with Crippen molar-refractivity contribution in [2.75, 3.05) is 0 Å². The molecule has 0 fully saturated rings. The fourth-order valence-corrected chi connectivity index (χ4v) is 5.49. The summed E-state index contributed by atoms with van der Waals surface area (Å²) in [5.41, 5.74) is 10.4. The Kier molecular flexibility index (Phi) is 25.9. The van der Waals surface area contributed by atoms with Crippen LogP contribution in [0.15, 0.2) is 239 Å². The van der Waals surface area contributed by atoms with Crippen molar-refractivity contribution >= 4 is 24.5 Å². The third kappa shape index (κ3) is 27.1. The Labute approximate surface area is 403 Å². The molecule has 0 aliphatic heterocycles. The zero-order valence-electron chi connectivity index (χ0n) is 40.4. The molecule has 68 heavy (non-hydrogen) atoms. The lowest BCUT2D eigenvalue weighted by Gasteiger charge is -1.98. The number of hydrogen-bond donors (Lipinski definition) is 6. The minimum Gasteiger partial charge on any atom is -0.508 e. The molecule has 7 heteroatoms. The molecule has 0 amide bonds. The van der Waals surface area contributed by atoms with E-state index in [1.54, 1.807) is 49.4 Å². The summed E-state index contributed by atoms with van der Waals surface area (Å²) in [6, 6.07) is 13.4. The average Bonchev–Trinajstić information content (AvgIpc) is 3.26. The first-order valence-corrected chi connectivity index (χ1v) is 21.9. The number of aldehydes is 1. The van der Waals surface area contributed by atoms with Gasteiger partial charge in [0.15, 0.2) is 0 Å². The second-order valence-corrected chi connectivity index (χ2v) is 16.0. The Morgan fingerprint density at radius 3 is 0.691 bits per heavy atom. The molecule has 0 radical (unpaired) electrons. The molecule has 3 aromatic rings. The SMILES string of the molecule is CC(/C=C/C=C(C)/C=C/c1cc(O)cc(O)c1)=C\C=C\C=C(C)\C=C\C=C(C)\C=C\c1cc(O)cc(O)c1.C\C(C=O)=C/C=C/C(C)=C/C=C/C=C(C)/C=C/C=C(C)/C=C/c1cc(O)cc(O)c1. The number of aromatic hydroxyl groups is 6. The van der Waals surface area contributed by atoms with Crippen molar-refractivity contribution in [2.45, 2.75) is 55.4 Å². The molecular weight excluding hydrogens is 845 g/mol. The van der Waals surface area contributed by atoms with Gasteiger partial charge in [-0.05, 0) is 114 Å². The maximum Gasteiger partial charge on any atom is 0.145 e. The monoisotopic (exact) mass is 910 g/mol. The Morgan fingerprint density at radius 1 is 0.279 bits per heavy atom. The molecule has 3 rings (SSSR count). The van der Waals surface area contributed by atoms with Gasteiger partial charge in [0.05, 0.1) is 0 Å². The van der Waals surface area contributed by atoms with E-state index in [4.69, 9.17) is 0 Å². The number of carbonyl (C=O) groups excluding carboxylic acids is 1. The topological polar surface area (TPSA) is 138 Å². The van der Waals surface area contributed by atoms with Gasteiger partial charge < -0.3 is 30.6 Å². The van der Waals surface area contributed by atoms with E-state index in [0.29, 0.717) is 5.57 Å². The van der Waals surface area contributed by atoms with Gasteiger partial charge in [0.25, 0.3) is 0 Å². The van der Waals surface area contributed by atoms with E-state index in [1.807, 2.05) is 200 Å². The molecule has 0 heterocycles. The van der Waals surface area contributed by atoms with Crippen LogP contribution in [-0.2, 0) is 4.79 Å². The first-order chi connectivity index (χ1) is 32.4. The molecule has 7 nitrogen and oxygen atoms in total. The molecule has 352 valence electrons. The van der Waals surface area contributed by atoms with Gasteiger partial charge in [-0.1, -0.05) is 197 Å². The van der Waals surface area contributed by atoms with Crippen LogP contribution >= 0.6 is 0 Å². The molecule has 0 atom stereocenters. The Morgan fingerprint density at radius 2 is 0.471 bits per heavy atom. The summed E-state index contributed by atoms with van der Waals surface area (Å²) in [6.45, 7) is 15.8. The van der Waals surface area contributed by atoms with Crippen molar-refractivity contribution < 1.29 is 35.4 Å².